The van der Waals surface area contributed by atoms with Crippen molar-refractivity contribution in [2.45, 2.75) is 44.9 Å². The van der Waals surface area contributed by atoms with Crippen LogP contribution in [0.25, 0.3) is 11.0 Å². The fraction of sp³-hybridized carbons (Fsp3) is 0.375. The summed E-state index contributed by atoms with van der Waals surface area (Å²) < 4.78 is 5.89. The number of hydrogen-bond acceptors (Lipinski definition) is 6. The summed E-state index contributed by atoms with van der Waals surface area (Å²) in [6.45, 7) is 9.69. The molecule has 0 aliphatic carbocycles. The van der Waals surface area contributed by atoms with Crippen LogP contribution in [0, 0.1) is 13.8 Å². The van der Waals surface area contributed by atoms with Crippen molar-refractivity contribution in [2.24, 2.45) is 0 Å². The number of ether oxygens (including phenoxy) is 1. The lowest BCUT2D eigenvalue weighted by molar-refractivity contribution is -0.113. The molecule has 2 heterocycles. The first-order chi connectivity index (χ1) is 14.9. The van der Waals surface area contributed by atoms with Crippen molar-refractivity contribution >= 4 is 40.2 Å². The number of aromatic nitrogens is 2. The summed E-state index contributed by atoms with van der Waals surface area (Å²) in [4.78, 5) is 24.6. The van der Waals surface area contributed by atoms with Crippen molar-refractivity contribution in [3.63, 3.8) is 0 Å². The zero-order chi connectivity index (χ0) is 22.0. The number of aryl methyl sites for hydroxylation is 2. The summed E-state index contributed by atoms with van der Waals surface area (Å²) in [5, 5.41) is 3.79. The molecule has 0 unspecified atom stereocenters. The number of para-hydroxylation sites is 2. The second kappa shape index (κ2) is 9.24. The minimum absolute atomic E-state index is 0.0541. The van der Waals surface area contributed by atoms with Gasteiger partial charge in [-0.1, -0.05) is 41.6 Å². The van der Waals surface area contributed by atoms with Crippen LogP contribution in [0.3, 0.4) is 0 Å². The predicted octanol–water partition coefficient (Wildman–Crippen LogP) is 4.59. The summed E-state index contributed by atoms with van der Waals surface area (Å²) in [6.07, 6.45) is 0.227. The highest BCUT2D eigenvalue weighted by atomic mass is 32.2. The van der Waals surface area contributed by atoms with Gasteiger partial charge in [0.05, 0.1) is 29.0 Å². The van der Waals surface area contributed by atoms with E-state index < -0.39 is 0 Å². The second-order valence-electron chi connectivity index (χ2n) is 8.16. The normalized spacial score (nSPS) is 18.9. The van der Waals surface area contributed by atoms with Gasteiger partial charge in [-0.05, 0) is 51.5 Å². The average molecular weight is 437 g/mol. The highest BCUT2D eigenvalue weighted by Gasteiger charge is 2.26. The predicted molar refractivity (Wildman–Crippen MR) is 127 cm³/mol. The van der Waals surface area contributed by atoms with Gasteiger partial charge >= 0.3 is 0 Å². The summed E-state index contributed by atoms with van der Waals surface area (Å²) in [5.41, 5.74) is 4.76. The minimum atomic E-state index is -0.0541. The lowest BCUT2D eigenvalue weighted by Gasteiger charge is -2.36. The number of benzene rings is 2. The average Bonchev–Trinajstić information content (AvgIpc) is 2.73. The maximum absolute atomic E-state index is 12.7. The Balaban J connectivity index is 1.56. The van der Waals surface area contributed by atoms with Crippen molar-refractivity contribution < 1.29 is 9.53 Å². The summed E-state index contributed by atoms with van der Waals surface area (Å²) in [7, 11) is 0. The molecule has 2 atom stereocenters. The van der Waals surface area contributed by atoms with Gasteiger partial charge in [-0.15, -0.1) is 0 Å². The Kier molecular flexibility index (Phi) is 6.43. The zero-order valence-corrected chi connectivity index (χ0v) is 19.2. The van der Waals surface area contributed by atoms with Gasteiger partial charge < -0.3 is 15.0 Å². The lowest BCUT2D eigenvalue weighted by atomic mass is 10.1. The molecule has 0 radical (unpaired) electrons. The molecule has 3 aromatic rings. The quantitative estimate of drug-likeness (QED) is 0.590. The molecule has 0 spiro atoms. The van der Waals surface area contributed by atoms with Gasteiger partial charge in [0.25, 0.3) is 0 Å². The number of amides is 1. The Hall–Kier alpha value is -2.64. The first-order valence-electron chi connectivity index (χ1n) is 10.6. The SMILES string of the molecule is Cc1ccc(NC(=O)CSc2nc3ccccc3nc2N2C[C@@H](C)O[C@H](C)C2)c(C)c1. The molecule has 0 bridgehead atoms. The highest BCUT2D eigenvalue weighted by Crippen LogP contribution is 2.31. The number of nitrogens with one attached hydrogen (secondary N) is 1. The van der Waals surface area contributed by atoms with Gasteiger partial charge in [0.15, 0.2) is 5.82 Å². The molecule has 4 rings (SSSR count). The van der Waals surface area contributed by atoms with E-state index in [9.17, 15) is 4.79 Å². The molecule has 0 saturated carbocycles. The van der Waals surface area contributed by atoms with E-state index in [4.69, 9.17) is 14.7 Å². The number of fused-ring (bicyclic) bond motifs is 1. The van der Waals surface area contributed by atoms with Gasteiger partial charge in [0.1, 0.15) is 5.03 Å². The molecule has 1 aromatic heterocycles. The van der Waals surface area contributed by atoms with Crippen molar-refractivity contribution in [3.8, 4) is 0 Å². The Bertz CT molecular complexity index is 1090. The van der Waals surface area contributed by atoms with Crippen LogP contribution in [0.2, 0.25) is 0 Å². The van der Waals surface area contributed by atoms with Crippen LogP contribution < -0.4 is 10.2 Å². The molecule has 1 amide bonds. The van der Waals surface area contributed by atoms with Crippen LogP contribution in [0.15, 0.2) is 47.5 Å². The third-order valence-electron chi connectivity index (χ3n) is 5.24. The van der Waals surface area contributed by atoms with E-state index in [0.717, 1.165) is 46.2 Å². The highest BCUT2D eigenvalue weighted by molar-refractivity contribution is 8.00. The molecule has 6 nitrogen and oxygen atoms in total. The number of carbonyl (C=O) groups excluding carboxylic acids is 1. The standard InChI is InChI=1S/C24H28N4O2S/c1-15-9-10-19(16(2)11-15)25-22(29)14-31-24-23(28-12-17(3)30-18(4)13-28)26-20-7-5-6-8-21(20)27-24/h5-11,17-18H,12-14H2,1-4H3,(H,25,29)/t17-,18-/m1/s1. The van der Waals surface area contributed by atoms with Gasteiger partial charge in [0.2, 0.25) is 5.91 Å². The third-order valence-corrected chi connectivity index (χ3v) is 6.19. The van der Waals surface area contributed by atoms with Gasteiger partial charge in [-0.3, -0.25) is 4.79 Å². The number of anilines is 2. The number of morpholine rings is 1. The Morgan fingerprint density at radius 1 is 1.10 bits per heavy atom. The molecule has 162 valence electrons. The fourth-order valence-corrected chi connectivity index (χ4v) is 4.71. The molecule has 1 aliphatic heterocycles. The second-order valence-corrected chi connectivity index (χ2v) is 9.12. The smallest absolute Gasteiger partial charge is 0.234 e. The molecule has 1 aliphatic rings. The fourth-order valence-electron chi connectivity index (χ4n) is 3.90. The van der Waals surface area contributed by atoms with Gasteiger partial charge in [-0.2, -0.15) is 0 Å². The van der Waals surface area contributed by atoms with Crippen molar-refractivity contribution in [3.05, 3.63) is 53.6 Å². The van der Waals surface area contributed by atoms with E-state index >= 15 is 0 Å². The first-order valence-corrected chi connectivity index (χ1v) is 11.5. The zero-order valence-electron chi connectivity index (χ0n) is 18.4. The van der Waals surface area contributed by atoms with Gasteiger partial charge in [0, 0.05) is 18.8 Å². The van der Waals surface area contributed by atoms with Crippen molar-refractivity contribution in [1.82, 2.24) is 9.97 Å². The summed E-state index contributed by atoms with van der Waals surface area (Å²) in [5.74, 6) is 1.04. The van der Waals surface area contributed by atoms with Gasteiger partial charge in [-0.25, -0.2) is 9.97 Å². The number of hydrogen-bond donors (Lipinski definition) is 1. The summed E-state index contributed by atoms with van der Waals surface area (Å²) in [6, 6.07) is 13.9. The first kappa shape index (κ1) is 21.6. The van der Waals surface area contributed by atoms with Crippen LogP contribution in [-0.2, 0) is 9.53 Å². The molecule has 1 N–H and O–H groups in total. The molecule has 31 heavy (non-hydrogen) atoms. The van der Waals surface area contributed by atoms with E-state index in [1.54, 1.807) is 0 Å². The van der Waals surface area contributed by atoms with E-state index in [-0.39, 0.29) is 23.9 Å². The van der Waals surface area contributed by atoms with Crippen molar-refractivity contribution in [2.75, 3.05) is 29.1 Å². The minimum Gasteiger partial charge on any atom is -0.372 e. The lowest BCUT2D eigenvalue weighted by Crippen LogP contribution is -2.46. The van der Waals surface area contributed by atoms with E-state index in [1.807, 2.05) is 50.2 Å². The van der Waals surface area contributed by atoms with E-state index in [1.165, 1.54) is 17.3 Å². The molecular weight excluding hydrogens is 408 g/mol. The molecule has 1 fully saturated rings. The topological polar surface area (TPSA) is 67.4 Å². The monoisotopic (exact) mass is 436 g/mol. The Labute approximate surface area is 187 Å². The maximum Gasteiger partial charge on any atom is 0.234 e. The molecular formula is C24H28N4O2S. The number of nitrogens with zero attached hydrogens (tertiary/aromatic N) is 3. The largest absolute Gasteiger partial charge is 0.372 e. The van der Waals surface area contributed by atoms with E-state index in [0.29, 0.717) is 0 Å². The summed E-state index contributed by atoms with van der Waals surface area (Å²) >= 11 is 1.43. The van der Waals surface area contributed by atoms with Crippen LogP contribution >= 0.6 is 11.8 Å². The number of thioether (sulfide) groups is 1. The third kappa shape index (κ3) is 5.17. The number of carbonyl (C=O) groups is 1. The van der Waals surface area contributed by atoms with Crippen LogP contribution in [0.5, 0.6) is 0 Å². The van der Waals surface area contributed by atoms with Crippen LogP contribution in [0.1, 0.15) is 25.0 Å². The molecule has 1 saturated heterocycles. The van der Waals surface area contributed by atoms with Crippen LogP contribution in [-0.4, -0.2) is 46.9 Å². The Morgan fingerprint density at radius 3 is 2.45 bits per heavy atom. The maximum atomic E-state index is 12.7. The molecule has 2 aromatic carbocycles. The molecule has 7 heteroatoms. The van der Waals surface area contributed by atoms with Crippen LogP contribution in [0.4, 0.5) is 11.5 Å². The number of rotatable bonds is 5. The Morgan fingerprint density at radius 2 is 1.77 bits per heavy atom. The van der Waals surface area contributed by atoms with Crippen molar-refractivity contribution in [1.29, 1.82) is 0 Å². The van der Waals surface area contributed by atoms with E-state index in [2.05, 4.69) is 30.1 Å².